The third-order valence-electron chi connectivity index (χ3n) is 4.02. The summed E-state index contributed by atoms with van der Waals surface area (Å²) in [4.78, 5) is 21.9. The minimum atomic E-state index is -0.300. The van der Waals surface area contributed by atoms with Gasteiger partial charge in [-0.3, -0.25) is 4.79 Å². The van der Waals surface area contributed by atoms with Crippen molar-refractivity contribution in [1.82, 2.24) is 14.8 Å². The number of likely N-dealkylation sites (N-methyl/N-ethyl adjacent to an activating group) is 2. The number of halogens is 1. The van der Waals surface area contributed by atoms with Gasteiger partial charge in [-0.15, -0.1) is 11.3 Å². The minimum Gasteiger partial charge on any atom is -0.337 e. The van der Waals surface area contributed by atoms with Crippen molar-refractivity contribution in [2.24, 2.45) is 0 Å². The molecule has 6 heteroatoms. The summed E-state index contributed by atoms with van der Waals surface area (Å²) in [6.45, 7) is 9.04. The molecule has 1 aromatic heterocycles. The maximum Gasteiger partial charge on any atom is 0.265 e. The molecule has 0 unspecified atom stereocenters. The Balaban J connectivity index is 2.20. The summed E-state index contributed by atoms with van der Waals surface area (Å²) in [5.74, 6) is -0.300. The summed E-state index contributed by atoms with van der Waals surface area (Å²) in [6, 6.07) is 6.31. The number of amides is 1. The Morgan fingerprint density at radius 3 is 2.62 bits per heavy atom. The number of aromatic nitrogens is 1. The van der Waals surface area contributed by atoms with E-state index in [0.717, 1.165) is 13.1 Å². The first kappa shape index (κ1) is 18.5. The maximum absolute atomic E-state index is 13.4. The SMILES string of the molecule is CCN(C)CCN(CC)C(=O)c1sc(-c2cccc(F)c2)nc1C. The van der Waals surface area contributed by atoms with Crippen molar-refractivity contribution in [2.45, 2.75) is 20.8 Å². The van der Waals surface area contributed by atoms with Gasteiger partial charge in [-0.1, -0.05) is 19.1 Å². The largest absolute Gasteiger partial charge is 0.337 e. The Kier molecular flexibility index (Phi) is 6.45. The average Bonchev–Trinajstić information content (AvgIpc) is 2.96. The normalized spacial score (nSPS) is 11.1. The molecule has 130 valence electrons. The standard InChI is InChI=1S/C18H24FN3OS/c1-5-21(4)10-11-22(6-2)18(23)16-13(3)20-17(24-16)14-8-7-9-15(19)12-14/h7-9,12H,5-6,10-11H2,1-4H3. The molecule has 24 heavy (non-hydrogen) atoms. The maximum atomic E-state index is 13.4. The molecular weight excluding hydrogens is 325 g/mol. The molecule has 1 amide bonds. The molecule has 0 fully saturated rings. The summed E-state index contributed by atoms with van der Waals surface area (Å²) in [7, 11) is 2.04. The van der Waals surface area contributed by atoms with Crippen LogP contribution >= 0.6 is 11.3 Å². The molecule has 0 aliphatic rings. The molecule has 0 bridgehead atoms. The Labute approximate surface area is 146 Å². The number of rotatable bonds is 7. The van der Waals surface area contributed by atoms with Crippen LogP contribution in [0.3, 0.4) is 0 Å². The van der Waals surface area contributed by atoms with Crippen LogP contribution in [-0.2, 0) is 0 Å². The van der Waals surface area contributed by atoms with Crippen molar-refractivity contribution >= 4 is 17.2 Å². The highest BCUT2D eigenvalue weighted by Gasteiger charge is 2.21. The second kappa shape index (κ2) is 8.35. The molecule has 0 aliphatic heterocycles. The van der Waals surface area contributed by atoms with Crippen LogP contribution in [0.1, 0.15) is 29.2 Å². The lowest BCUT2D eigenvalue weighted by Gasteiger charge is -2.23. The number of benzene rings is 1. The molecule has 0 N–H and O–H groups in total. The predicted octanol–water partition coefficient (Wildman–Crippen LogP) is 3.67. The summed E-state index contributed by atoms with van der Waals surface area (Å²) < 4.78 is 13.4. The van der Waals surface area contributed by atoms with E-state index in [1.807, 2.05) is 31.9 Å². The molecule has 0 radical (unpaired) electrons. The van der Waals surface area contributed by atoms with Gasteiger partial charge in [0.1, 0.15) is 15.7 Å². The molecule has 1 aromatic carbocycles. The topological polar surface area (TPSA) is 36.4 Å². The fourth-order valence-corrected chi connectivity index (χ4v) is 3.37. The van der Waals surface area contributed by atoms with Crippen LogP contribution in [0.15, 0.2) is 24.3 Å². The Hall–Kier alpha value is -1.79. The molecule has 0 saturated heterocycles. The van der Waals surface area contributed by atoms with E-state index in [2.05, 4.69) is 16.8 Å². The molecule has 2 aromatic rings. The van der Waals surface area contributed by atoms with Gasteiger partial charge in [0.2, 0.25) is 0 Å². The van der Waals surface area contributed by atoms with E-state index in [0.29, 0.717) is 34.2 Å². The highest BCUT2D eigenvalue weighted by molar-refractivity contribution is 7.17. The molecule has 0 atom stereocenters. The van der Waals surface area contributed by atoms with Crippen LogP contribution < -0.4 is 0 Å². The molecule has 0 aliphatic carbocycles. The second-order valence-corrected chi connectivity index (χ2v) is 6.72. The summed E-state index contributed by atoms with van der Waals surface area (Å²) in [5.41, 5.74) is 1.41. The predicted molar refractivity (Wildman–Crippen MR) is 97.0 cm³/mol. The highest BCUT2D eigenvalue weighted by atomic mass is 32.1. The lowest BCUT2D eigenvalue weighted by molar-refractivity contribution is 0.0755. The minimum absolute atomic E-state index is 0.000318. The zero-order valence-corrected chi connectivity index (χ0v) is 15.5. The lowest BCUT2D eigenvalue weighted by atomic mass is 10.2. The van der Waals surface area contributed by atoms with Crippen molar-refractivity contribution in [3.05, 3.63) is 40.7 Å². The smallest absolute Gasteiger partial charge is 0.265 e. The van der Waals surface area contributed by atoms with Gasteiger partial charge in [0, 0.05) is 25.2 Å². The third-order valence-corrected chi connectivity index (χ3v) is 5.22. The average molecular weight is 349 g/mol. The second-order valence-electron chi connectivity index (χ2n) is 5.72. The third kappa shape index (κ3) is 4.39. The van der Waals surface area contributed by atoms with Gasteiger partial charge in [-0.05, 0) is 39.6 Å². The number of hydrogen-bond acceptors (Lipinski definition) is 4. The van der Waals surface area contributed by atoms with E-state index < -0.39 is 0 Å². The van der Waals surface area contributed by atoms with Crippen molar-refractivity contribution in [1.29, 1.82) is 0 Å². The first-order chi connectivity index (χ1) is 11.5. The van der Waals surface area contributed by atoms with E-state index in [9.17, 15) is 9.18 Å². The zero-order valence-electron chi connectivity index (χ0n) is 14.7. The quantitative estimate of drug-likeness (QED) is 0.765. The molecule has 2 rings (SSSR count). The summed E-state index contributed by atoms with van der Waals surface area (Å²) in [5, 5.41) is 0.678. The molecule has 0 spiro atoms. The van der Waals surface area contributed by atoms with Gasteiger partial charge in [0.25, 0.3) is 5.91 Å². The van der Waals surface area contributed by atoms with Crippen LogP contribution in [0.2, 0.25) is 0 Å². The molecule has 0 saturated carbocycles. The summed E-state index contributed by atoms with van der Waals surface area (Å²) in [6.07, 6.45) is 0. The van der Waals surface area contributed by atoms with Gasteiger partial charge in [0.15, 0.2) is 0 Å². The number of carbonyl (C=O) groups is 1. The lowest BCUT2D eigenvalue weighted by Crippen LogP contribution is -2.37. The van der Waals surface area contributed by atoms with E-state index in [4.69, 9.17) is 0 Å². The van der Waals surface area contributed by atoms with Crippen LogP contribution in [0, 0.1) is 12.7 Å². The molecule has 1 heterocycles. The Morgan fingerprint density at radius 1 is 1.25 bits per heavy atom. The van der Waals surface area contributed by atoms with Gasteiger partial charge in [0.05, 0.1) is 5.69 Å². The number of nitrogens with zero attached hydrogens (tertiary/aromatic N) is 3. The Bertz CT molecular complexity index is 701. The van der Waals surface area contributed by atoms with E-state index >= 15 is 0 Å². The van der Waals surface area contributed by atoms with Crippen LogP contribution in [-0.4, -0.2) is 53.9 Å². The van der Waals surface area contributed by atoms with Crippen molar-refractivity contribution in [3.8, 4) is 10.6 Å². The number of hydrogen-bond donors (Lipinski definition) is 0. The van der Waals surface area contributed by atoms with Crippen molar-refractivity contribution in [2.75, 3.05) is 33.2 Å². The fraction of sp³-hybridized carbons (Fsp3) is 0.444. The van der Waals surface area contributed by atoms with Crippen molar-refractivity contribution < 1.29 is 9.18 Å². The van der Waals surface area contributed by atoms with Gasteiger partial charge in [-0.25, -0.2) is 9.37 Å². The number of aryl methyl sites for hydroxylation is 1. The first-order valence-electron chi connectivity index (χ1n) is 8.17. The van der Waals surface area contributed by atoms with E-state index in [-0.39, 0.29) is 11.7 Å². The summed E-state index contributed by atoms with van der Waals surface area (Å²) >= 11 is 1.33. The van der Waals surface area contributed by atoms with Crippen LogP contribution in [0.25, 0.3) is 10.6 Å². The number of carbonyl (C=O) groups excluding carboxylic acids is 1. The van der Waals surface area contributed by atoms with Gasteiger partial charge in [-0.2, -0.15) is 0 Å². The Morgan fingerprint density at radius 2 is 2.00 bits per heavy atom. The van der Waals surface area contributed by atoms with E-state index in [1.54, 1.807) is 6.07 Å². The van der Waals surface area contributed by atoms with E-state index in [1.165, 1.54) is 23.5 Å². The van der Waals surface area contributed by atoms with Crippen molar-refractivity contribution in [3.63, 3.8) is 0 Å². The fourth-order valence-electron chi connectivity index (χ4n) is 2.34. The van der Waals surface area contributed by atoms with Gasteiger partial charge < -0.3 is 9.80 Å². The monoisotopic (exact) mass is 349 g/mol. The molecular formula is C18H24FN3OS. The molecule has 4 nitrogen and oxygen atoms in total. The van der Waals surface area contributed by atoms with Crippen LogP contribution in [0.4, 0.5) is 4.39 Å². The van der Waals surface area contributed by atoms with Crippen LogP contribution in [0.5, 0.6) is 0 Å². The highest BCUT2D eigenvalue weighted by Crippen LogP contribution is 2.29. The first-order valence-corrected chi connectivity index (χ1v) is 8.99. The number of thiazole rings is 1. The zero-order chi connectivity index (χ0) is 17.7. The van der Waals surface area contributed by atoms with Gasteiger partial charge >= 0.3 is 0 Å².